The minimum Gasteiger partial charge on any atom is -0.491 e. The van der Waals surface area contributed by atoms with Gasteiger partial charge in [0.2, 0.25) is 0 Å². The maximum absolute atomic E-state index is 13.3. The zero-order valence-electron chi connectivity index (χ0n) is 9.93. The molecular weight excluding hydrogens is 242 g/mol. The molecule has 0 saturated heterocycles. The van der Waals surface area contributed by atoms with Crippen LogP contribution >= 0.6 is 0 Å². The number of esters is 1. The Morgan fingerprint density at radius 3 is 2.78 bits per heavy atom. The predicted octanol–water partition coefficient (Wildman–Crippen LogP) is -0.163. The number of hydrogen-bond donors (Lipinski definition) is 2. The van der Waals surface area contributed by atoms with Gasteiger partial charge in [-0.15, -0.1) is 0 Å². The van der Waals surface area contributed by atoms with Gasteiger partial charge in [-0.2, -0.15) is 0 Å². The summed E-state index contributed by atoms with van der Waals surface area (Å²) in [5.74, 6) is -1.04. The molecule has 98 valence electrons. The van der Waals surface area contributed by atoms with E-state index in [2.05, 4.69) is 4.74 Å². The van der Waals surface area contributed by atoms with Crippen molar-refractivity contribution in [1.82, 2.24) is 0 Å². The number of halogens is 1. The molecule has 0 aliphatic carbocycles. The number of methoxy groups -OCH3 is 1. The third kappa shape index (κ3) is 4.35. The van der Waals surface area contributed by atoms with Crippen molar-refractivity contribution in [2.75, 3.05) is 13.7 Å². The van der Waals surface area contributed by atoms with Crippen LogP contribution in [0.3, 0.4) is 0 Å². The lowest BCUT2D eigenvalue weighted by atomic mass is 9.80. The largest absolute Gasteiger partial charge is 0.491 e. The van der Waals surface area contributed by atoms with E-state index in [1.165, 1.54) is 19.2 Å². The molecule has 0 aliphatic rings. The Kier molecular flexibility index (Phi) is 5.61. The van der Waals surface area contributed by atoms with E-state index >= 15 is 0 Å². The van der Waals surface area contributed by atoms with Crippen molar-refractivity contribution in [3.63, 3.8) is 0 Å². The van der Waals surface area contributed by atoms with Crippen molar-refractivity contribution in [2.45, 2.75) is 12.8 Å². The molecule has 2 N–H and O–H groups in total. The average Bonchev–Trinajstić information content (AvgIpc) is 2.35. The summed E-state index contributed by atoms with van der Waals surface area (Å²) in [6.07, 6.45) is 0.568. The highest BCUT2D eigenvalue weighted by Gasteiger charge is 2.14. The lowest BCUT2D eigenvalue weighted by Gasteiger charge is -2.08. The van der Waals surface area contributed by atoms with Gasteiger partial charge in [-0.1, -0.05) is 6.07 Å². The number of benzene rings is 1. The molecule has 1 aromatic carbocycles. The van der Waals surface area contributed by atoms with Crippen LogP contribution in [0.15, 0.2) is 18.2 Å². The molecule has 0 saturated carbocycles. The Hall–Kier alpha value is -1.60. The van der Waals surface area contributed by atoms with E-state index in [0.717, 1.165) is 6.07 Å². The van der Waals surface area contributed by atoms with Gasteiger partial charge >= 0.3 is 13.1 Å². The molecule has 0 spiro atoms. The van der Waals surface area contributed by atoms with Gasteiger partial charge in [0, 0.05) is 6.42 Å². The van der Waals surface area contributed by atoms with Crippen LogP contribution in [0, 0.1) is 5.82 Å². The first-order valence-corrected chi connectivity index (χ1v) is 5.39. The molecular formula is C11H14BFO5. The minimum absolute atomic E-state index is 0.0783. The standard InChI is InChI=1S/C11H14BFO5/c1-17-11(14)3-2-6-18-10-7-8(12(15)16)4-5-9(10)13/h4-5,7,15-16H,2-3,6H2,1H3. The van der Waals surface area contributed by atoms with Crippen molar-refractivity contribution in [2.24, 2.45) is 0 Å². The minimum atomic E-state index is -1.68. The first-order valence-electron chi connectivity index (χ1n) is 5.39. The predicted molar refractivity (Wildman–Crippen MR) is 63.0 cm³/mol. The Morgan fingerprint density at radius 1 is 1.44 bits per heavy atom. The molecule has 0 aromatic heterocycles. The number of carbonyl (C=O) groups excluding carboxylic acids is 1. The first kappa shape index (κ1) is 14.5. The summed E-state index contributed by atoms with van der Waals surface area (Å²) in [6.45, 7) is 0.136. The summed E-state index contributed by atoms with van der Waals surface area (Å²) in [5.41, 5.74) is 0.138. The number of carbonyl (C=O) groups is 1. The first-order chi connectivity index (χ1) is 8.54. The molecule has 0 fully saturated rings. The van der Waals surface area contributed by atoms with Gasteiger partial charge in [-0.25, -0.2) is 4.39 Å². The van der Waals surface area contributed by atoms with E-state index < -0.39 is 12.9 Å². The second-order valence-corrected chi connectivity index (χ2v) is 3.59. The maximum atomic E-state index is 13.3. The summed E-state index contributed by atoms with van der Waals surface area (Å²) in [5, 5.41) is 17.9. The van der Waals surface area contributed by atoms with Gasteiger partial charge in [0.1, 0.15) is 0 Å². The smallest absolute Gasteiger partial charge is 0.488 e. The molecule has 1 rings (SSSR count). The van der Waals surface area contributed by atoms with Crippen molar-refractivity contribution in [3.8, 4) is 5.75 Å². The molecule has 0 aliphatic heterocycles. The van der Waals surface area contributed by atoms with Crippen LogP contribution in [-0.4, -0.2) is 36.9 Å². The second-order valence-electron chi connectivity index (χ2n) is 3.59. The Morgan fingerprint density at radius 2 is 2.17 bits per heavy atom. The molecule has 0 radical (unpaired) electrons. The van der Waals surface area contributed by atoms with Gasteiger partial charge in [0.15, 0.2) is 11.6 Å². The monoisotopic (exact) mass is 256 g/mol. The molecule has 0 unspecified atom stereocenters. The quantitative estimate of drug-likeness (QED) is 0.420. The molecule has 18 heavy (non-hydrogen) atoms. The summed E-state index contributed by atoms with van der Waals surface area (Å²) in [6, 6.07) is 3.55. The van der Waals surface area contributed by atoms with Gasteiger partial charge in [0.05, 0.1) is 13.7 Å². The van der Waals surface area contributed by atoms with E-state index in [4.69, 9.17) is 14.8 Å². The summed E-state index contributed by atoms with van der Waals surface area (Å²) in [4.78, 5) is 10.8. The van der Waals surface area contributed by atoms with Gasteiger partial charge in [0.25, 0.3) is 0 Å². The maximum Gasteiger partial charge on any atom is 0.488 e. The van der Waals surface area contributed by atoms with Crippen molar-refractivity contribution >= 4 is 18.6 Å². The van der Waals surface area contributed by atoms with E-state index in [0.29, 0.717) is 6.42 Å². The van der Waals surface area contributed by atoms with Crippen LogP contribution in [0.5, 0.6) is 5.75 Å². The Bertz CT molecular complexity index is 410. The van der Waals surface area contributed by atoms with E-state index in [9.17, 15) is 9.18 Å². The molecule has 0 atom stereocenters. The van der Waals surface area contributed by atoms with Crippen LogP contribution in [0.4, 0.5) is 4.39 Å². The third-order valence-electron chi connectivity index (χ3n) is 2.26. The topological polar surface area (TPSA) is 76.0 Å². The number of hydrogen-bond acceptors (Lipinski definition) is 5. The highest BCUT2D eigenvalue weighted by Crippen LogP contribution is 2.15. The second kappa shape index (κ2) is 6.98. The van der Waals surface area contributed by atoms with E-state index in [1.807, 2.05) is 0 Å². The lowest BCUT2D eigenvalue weighted by Crippen LogP contribution is -2.29. The fourth-order valence-electron chi connectivity index (χ4n) is 1.29. The van der Waals surface area contributed by atoms with Gasteiger partial charge < -0.3 is 19.5 Å². The van der Waals surface area contributed by atoms with E-state index in [1.54, 1.807) is 0 Å². The normalized spacial score (nSPS) is 10.0. The van der Waals surface area contributed by atoms with Crippen molar-refractivity contribution in [3.05, 3.63) is 24.0 Å². The van der Waals surface area contributed by atoms with Crippen molar-refractivity contribution < 1.29 is 28.7 Å². The molecule has 0 amide bonds. The SMILES string of the molecule is COC(=O)CCCOc1cc(B(O)O)ccc1F. The number of rotatable bonds is 6. The summed E-state index contributed by atoms with van der Waals surface area (Å²) < 4.78 is 22.9. The fraction of sp³-hybridized carbons (Fsp3) is 0.364. The molecule has 7 heteroatoms. The van der Waals surface area contributed by atoms with Crippen LogP contribution in [-0.2, 0) is 9.53 Å². The van der Waals surface area contributed by atoms with E-state index in [-0.39, 0.29) is 30.2 Å². The van der Waals surface area contributed by atoms with Crippen LogP contribution < -0.4 is 10.2 Å². The Labute approximate surface area is 104 Å². The average molecular weight is 256 g/mol. The van der Waals surface area contributed by atoms with Gasteiger partial charge in [-0.3, -0.25) is 4.79 Å². The van der Waals surface area contributed by atoms with Crippen LogP contribution in [0.2, 0.25) is 0 Å². The lowest BCUT2D eigenvalue weighted by molar-refractivity contribution is -0.140. The van der Waals surface area contributed by atoms with Crippen LogP contribution in [0.1, 0.15) is 12.8 Å². The highest BCUT2D eigenvalue weighted by molar-refractivity contribution is 6.58. The molecule has 1 aromatic rings. The molecule has 0 bridgehead atoms. The highest BCUT2D eigenvalue weighted by atomic mass is 19.1. The summed E-state index contributed by atoms with van der Waals surface area (Å²) in [7, 11) is -0.391. The Balaban J connectivity index is 2.51. The third-order valence-corrected chi connectivity index (χ3v) is 2.26. The summed E-state index contributed by atoms with van der Waals surface area (Å²) >= 11 is 0. The fourth-order valence-corrected chi connectivity index (χ4v) is 1.29. The zero-order valence-corrected chi connectivity index (χ0v) is 9.93. The molecule has 5 nitrogen and oxygen atoms in total. The molecule has 0 heterocycles. The number of ether oxygens (including phenoxy) is 2. The zero-order chi connectivity index (χ0) is 13.5. The van der Waals surface area contributed by atoms with Crippen molar-refractivity contribution in [1.29, 1.82) is 0 Å². The van der Waals surface area contributed by atoms with Crippen LogP contribution in [0.25, 0.3) is 0 Å². The van der Waals surface area contributed by atoms with Gasteiger partial charge in [-0.05, 0) is 24.0 Å².